The Balaban J connectivity index is 1.84. The van der Waals surface area contributed by atoms with E-state index >= 15 is 0 Å². The molecule has 2 amide bonds. The molecular formula is C22H27FN2O4. The van der Waals surface area contributed by atoms with Crippen LogP contribution in [-0.4, -0.2) is 38.6 Å². The summed E-state index contributed by atoms with van der Waals surface area (Å²) in [7, 11) is 1.52. The Morgan fingerprint density at radius 1 is 0.966 bits per heavy atom. The van der Waals surface area contributed by atoms with Gasteiger partial charge in [-0.3, -0.25) is 9.59 Å². The van der Waals surface area contributed by atoms with E-state index in [1.807, 2.05) is 0 Å². The van der Waals surface area contributed by atoms with E-state index in [0.29, 0.717) is 29.2 Å². The highest BCUT2D eigenvalue weighted by molar-refractivity contribution is 5.95. The number of benzene rings is 2. The van der Waals surface area contributed by atoms with Gasteiger partial charge < -0.3 is 20.1 Å². The first-order chi connectivity index (χ1) is 14.0. The summed E-state index contributed by atoms with van der Waals surface area (Å²) in [5.41, 5.74) is 1.14. The van der Waals surface area contributed by atoms with Gasteiger partial charge in [0, 0.05) is 24.2 Å². The number of halogens is 1. The van der Waals surface area contributed by atoms with Crippen molar-refractivity contribution < 1.29 is 23.5 Å². The number of methoxy groups -OCH3 is 1. The van der Waals surface area contributed by atoms with Crippen molar-refractivity contribution in [1.82, 2.24) is 10.6 Å². The summed E-state index contributed by atoms with van der Waals surface area (Å²) in [5, 5.41) is 5.37. The Hall–Kier alpha value is -3.09. The Morgan fingerprint density at radius 3 is 2.17 bits per heavy atom. The zero-order chi connectivity index (χ0) is 21.2. The van der Waals surface area contributed by atoms with Crippen LogP contribution < -0.4 is 20.1 Å². The van der Waals surface area contributed by atoms with Gasteiger partial charge in [-0.2, -0.15) is 0 Å². The van der Waals surface area contributed by atoms with Crippen LogP contribution >= 0.6 is 0 Å². The molecule has 0 bridgehead atoms. The number of amides is 2. The van der Waals surface area contributed by atoms with Crippen molar-refractivity contribution in [2.75, 3.05) is 26.8 Å². The number of ether oxygens (including phenoxy) is 2. The molecule has 2 N–H and O–H groups in total. The van der Waals surface area contributed by atoms with Crippen LogP contribution in [0.1, 0.15) is 46.0 Å². The van der Waals surface area contributed by atoms with Crippen LogP contribution in [0.15, 0.2) is 36.4 Å². The fourth-order valence-corrected chi connectivity index (χ4v) is 2.54. The molecule has 2 aromatic carbocycles. The number of aryl methyl sites for hydroxylation is 1. The summed E-state index contributed by atoms with van der Waals surface area (Å²) >= 11 is 0. The molecule has 0 heterocycles. The van der Waals surface area contributed by atoms with Crippen LogP contribution in [-0.2, 0) is 0 Å². The quantitative estimate of drug-likeness (QED) is 0.597. The van der Waals surface area contributed by atoms with E-state index < -0.39 is 11.7 Å². The Morgan fingerprint density at radius 2 is 1.59 bits per heavy atom. The highest BCUT2D eigenvalue weighted by atomic mass is 19.1. The largest absolute Gasteiger partial charge is 0.493 e. The lowest BCUT2D eigenvalue weighted by Crippen LogP contribution is -2.34. The van der Waals surface area contributed by atoms with Crippen LogP contribution in [0.4, 0.5) is 4.39 Å². The minimum absolute atomic E-state index is 0.218. The number of carbonyl (C=O) groups is 2. The van der Waals surface area contributed by atoms with Crippen molar-refractivity contribution in [3.8, 4) is 11.5 Å². The van der Waals surface area contributed by atoms with Gasteiger partial charge in [0.2, 0.25) is 0 Å². The Labute approximate surface area is 170 Å². The maximum atomic E-state index is 13.5. The summed E-state index contributed by atoms with van der Waals surface area (Å²) in [5.74, 6) is -0.0343. The predicted molar refractivity (Wildman–Crippen MR) is 109 cm³/mol. The van der Waals surface area contributed by atoms with Crippen molar-refractivity contribution in [3.63, 3.8) is 0 Å². The van der Waals surface area contributed by atoms with E-state index in [9.17, 15) is 14.0 Å². The third kappa shape index (κ3) is 6.48. The van der Waals surface area contributed by atoms with Gasteiger partial charge >= 0.3 is 0 Å². The van der Waals surface area contributed by atoms with Gasteiger partial charge in [0.25, 0.3) is 11.8 Å². The van der Waals surface area contributed by atoms with E-state index in [0.717, 1.165) is 12.8 Å². The Bertz CT molecular complexity index is 855. The van der Waals surface area contributed by atoms with Crippen molar-refractivity contribution >= 4 is 11.8 Å². The molecule has 0 spiro atoms. The maximum absolute atomic E-state index is 13.5. The molecule has 7 heteroatoms. The molecule has 6 nitrogen and oxygen atoms in total. The Kier molecular flexibility index (Phi) is 8.45. The molecule has 0 unspecified atom stereocenters. The lowest BCUT2D eigenvalue weighted by Gasteiger charge is -2.12. The first-order valence-corrected chi connectivity index (χ1v) is 9.59. The van der Waals surface area contributed by atoms with Crippen LogP contribution in [0, 0.1) is 12.7 Å². The summed E-state index contributed by atoms with van der Waals surface area (Å²) < 4.78 is 24.5. The number of hydrogen-bond donors (Lipinski definition) is 2. The lowest BCUT2D eigenvalue weighted by molar-refractivity contribution is 0.0927. The average Bonchev–Trinajstić information content (AvgIpc) is 2.73. The molecule has 0 saturated carbocycles. The fraction of sp³-hybridized carbons (Fsp3) is 0.364. The van der Waals surface area contributed by atoms with Crippen LogP contribution in [0.2, 0.25) is 0 Å². The predicted octanol–water partition coefficient (Wildman–Crippen LogP) is 3.48. The standard InChI is InChI=1S/C22H27FN2O4/c1-4-5-12-29-19-9-8-17(14-20(19)28-3)22(27)25-11-10-24-21(26)16-7-6-15(2)18(23)13-16/h6-9,13-14H,4-5,10-12H2,1-3H3,(H,24,26)(H,25,27). The topological polar surface area (TPSA) is 76.7 Å². The van der Waals surface area contributed by atoms with Gasteiger partial charge in [0.1, 0.15) is 5.82 Å². The van der Waals surface area contributed by atoms with Gasteiger partial charge in [-0.1, -0.05) is 19.4 Å². The van der Waals surface area contributed by atoms with Gasteiger partial charge in [-0.25, -0.2) is 4.39 Å². The van der Waals surface area contributed by atoms with Crippen molar-refractivity contribution in [2.45, 2.75) is 26.7 Å². The van der Waals surface area contributed by atoms with E-state index in [4.69, 9.17) is 9.47 Å². The van der Waals surface area contributed by atoms with E-state index in [2.05, 4.69) is 17.6 Å². The number of rotatable bonds is 10. The van der Waals surface area contributed by atoms with E-state index in [1.54, 1.807) is 37.3 Å². The van der Waals surface area contributed by atoms with Gasteiger partial charge in [-0.15, -0.1) is 0 Å². The molecule has 0 aliphatic rings. The second kappa shape index (κ2) is 11.0. The maximum Gasteiger partial charge on any atom is 0.251 e. The highest BCUT2D eigenvalue weighted by Crippen LogP contribution is 2.28. The van der Waals surface area contributed by atoms with Gasteiger partial charge in [-0.05, 0) is 49.2 Å². The van der Waals surface area contributed by atoms with E-state index in [1.165, 1.54) is 13.2 Å². The van der Waals surface area contributed by atoms with Gasteiger partial charge in [0.15, 0.2) is 11.5 Å². The number of nitrogens with one attached hydrogen (secondary N) is 2. The third-order valence-corrected chi connectivity index (χ3v) is 4.31. The number of hydrogen-bond acceptors (Lipinski definition) is 4. The lowest BCUT2D eigenvalue weighted by atomic mass is 10.1. The second-order valence-electron chi connectivity index (χ2n) is 6.54. The molecule has 2 aromatic rings. The monoisotopic (exact) mass is 402 g/mol. The summed E-state index contributed by atoms with van der Waals surface area (Å²) in [6.07, 6.45) is 1.96. The summed E-state index contributed by atoms with van der Waals surface area (Å²) in [4.78, 5) is 24.3. The molecule has 29 heavy (non-hydrogen) atoms. The molecule has 156 valence electrons. The number of carbonyl (C=O) groups excluding carboxylic acids is 2. The van der Waals surface area contributed by atoms with Gasteiger partial charge in [0.05, 0.1) is 13.7 Å². The zero-order valence-corrected chi connectivity index (χ0v) is 17.0. The van der Waals surface area contributed by atoms with Crippen molar-refractivity contribution in [1.29, 1.82) is 0 Å². The molecule has 0 fully saturated rings. The molecule has 0 atom stereocenters. The number of unbranched alkanes of at least 4 members (excludes halogenated alkanes) is 1. The van der Waals surface area contributed by atoms with Crippen LogP contribution in [0.25, 0.3) is 0 Å². The SMILES string of the molecule is CCCCOc1ccc(C(=O)NCCNC(=O)c2ccc(C)c(F)c2)cc1OC. The molecule has 0 saturated heterocycles. The summed E-state index contributed by atoms with van der Waals surface area (Å²) in [6.45, 7) is 4.75. The fourth-order valence-electron chi connectivity index (χ4n) is 2.54. The molecule has 0 aliphatic carbocycles. The third-order valence-electron chi connectivity index (χ3n) is 4.31. The normalized spacial score (nSPS) is 10.3. The van der Waals surface area contributed by atoms with E-state index in [-0.39, 0.29) is 24.6 Å². The average molecular weight is 402 g/mol. The zero-order valence-electron chi connectivity index (χ0n) is 17.0. The molecule has 0 aromatic heterocycles. The highest BCUT2D eigenvalue weighted by Gasteiger charge is 2.12. The molecule has 2 rings (SSSR count). The van der Waals surface area contributed by atoms with Crippen LogP contribution in [0.3, 0.4) is 0 Å². The smallest absolute Gasteiger partial charge is 0.251 e. The van der Waals surface area contributed by atoms with Crippen molar-refractivity contribution in [3.05, 3.63) is 58.9 Å². The molecule has 0 aliphatic heterocycles. The summed E-state index contributed by atoms with van der Waals surface area (Å²) in [6, 6.07) is 9.28. The molecular weight excluding hydrogens is 375 g/mol. The van der Waals surface area contributed by atoms with Crippen molar-refractivity contribution in [2.24, 2.45) is 0 Å². The first-order valence-electron chi connectivity index (χ1n) is 9.59. The van der Waals surface area contributed by atoms with Crippen LogP contribution in [0.5, 0.6) is 11.5 Å². The molecule has 0 radical (unpaired) electrons. The first kappa shape index (κ1) is 22.2. The minimum atomic E-state index is -0.429. The minimum Gasteiger partial charge on any atom is -0.493 e. The second-order valence-corrected chi connectivity index (χ2v) is 6.54.